The molecule has 7 nitrogen and oxygen atoms in total. The van der Waals surface area contributed by atoms with Crippen molar-refractivity contribution in [2.75, 3.05) is 4.90 Å². The summed E-state index contributed by atoms with van der Waals surface area (Å²) in [7, 11) is 0. The van der Waals surface area contributed by atoms with E-state index in [2.05, 4.69) is 10.4 Å². The normalized spacial score (nSPS) is 21.6. The lowest BCUT2D eigenvalue weighted by Gasteiger charge is -2.43. The van der Waals surface area contributed by atoms with Crippen LogP contribution in [0.5, 0.6) is 0 Å². The molecule has 1 aliphatic heterocycles. The third kappa shape index (κ3) is 4.02. The van der Waals surface area contributed by atoms with E-state index in [0.717, 1.165) is 38.5 Å². The van der Waals surface area contributed by atoms with Crippen LogP contribution in [-0.4, -0.2) is 33.2 Å². The van der Waals surface area contributed by atoms with Crippen molar-refractivity contribution in [3.63, 3.8) is 0 Å². The van der Waals surface area contributed by atoms with Gasteiger partial charge in [0, 0.05) is 12.1 Å². The van der Waals surface area contributed by atoms with Gasteiger partial charge >= 0.3 is 0 Å². The number of anilines is 1. The number of carbonyl (C=O) groups excluding carboxylic acids is 2. The van der Waals surface area contributed by atoms with Crippen molar-refractivity contribution in [1.82, 2.24) is 15.1 Å². The third-order valence-electron chi connectivity index (χ3n) is 6.95. The number of nitrogens with one attached hydrogen (secondary N) is 1. The minimum Gasteiger partial charge on any atom is -0.463 e. The van der Waals surface area contributed by atoms with Gasteiger partial charge in [-0.25, -0.2) is 4.39 Å². The molecule has 5 rings (SSSR count). The van der Waals surface area contributed by atoms with Gasteiger partial charge < -0.3 is 9.73 Å². The number of furan rings is 1. The molecule has 0 saturated heterocycles. The first-order valence-corrected chi connectivity index (χ1v) is 12.0. The summed E-state index contributed by atoms with van der Waals surface area (Å²) >= 11 is 0. The van der Waals surface area contributed by atoms with Crippen molar-refractivity contribution in [2.24, 2.45) is 0 Å². The van der Waals surface area contributed by atoms with Crippen LogP contribution in [0, 0.1) is 5.82 Å². The molecule has 2 amide bonds. The quantitative estimate of drug-likeness (QED) is 0.594. The van der Waals surface area contributed by atoms with Gasteiger partial charge in [0.1, 0.15) is 22.7 Å². The third-order valence-corrected chi connectivity index (χ3v) is 6.95. The SMILES string of the molecule is C[C@]1(C(=O)NC2CCCCCCC2)Cn2nc(-c3ccco3)cc2C(=O)N1c1ccccc1F. The highest BCUT2D eigenvalue weighted by Crippen LogP contribution is 2.35. The summed E-state index contributed by atoms with van der Waals surface area (Å²) in [6.45, 7) is 1.79. The van der Waals surface area contributed by atoms with Crippen molar-refractivity contribution in [1.29, 1.82) is 0 Å². The molecule has 34 heavy (non-hydrogen) atoms. The molecule has 2 aliphatic rings. The Morgan fingerprint density at radius 3 is 2.56 bits per heavy atom. The van der Waals surface area contributed by atoms with E-state index in [4.69, 9.17) is 4.42 Å². The Labute approximate surface area is 197 Å². The number of benzene rings is 1. The minimum absolute atomic E-state index is 0.0416. The number of amides is 2. The van der Waals surface area contributed by atoms with Crippen molar-refractivity contribution in [2.45, 2.75) is 70.0 Å². The molecule has 8 heteroatoms. The van der Waals surface area contributed by atoms with Crippen molar-refractivity contribution in [3.8, 4) is 11.5 Å². The topological polar surface area (TPSA) is 80.4 Å². The number of aromatic nitrogens is 2. The van der Waals surface area contributed by atoms with E-state index in [0.29, 0.717) is 11.5 Å². The second-order valence-electron chi connectivity index (χ2n) is 9.43. The van der Waals surface area contributed by atoms with Gasteiger partial charge in [-0.2, -0.15) is 5.10 Å². The molecule has 1 aromatic carbocycles. The van der Waals surface area contributed by atoms with Crippen LogP contribution < -0.4 is 10.2 Å². The van der Waals surface area contributed by atoms with Crippen LogP contribution in [-0.2, 0) is 11.3 Å². The number of nitrogens with zero attached hydrogens (tertiary/aromatic N) is 3. The molecule has 0 radical (unpaired) electrons. The molecular weight excluding hydrogens is 435 g/mol. The fourth-order valence-corrected chi connectivity index (χ4v) is 5.08. The standard InChI is InChI=1S/C26H29FN4O3/c1-26(25(33)28-18-10-5-3-2-4-6-11-18)17-30-22(16-20(29-30)23-14-9-15-34-23)24(32)31(26)21-13-8-7-12-19(21)27/h7-9,12-16,18H,2-6,10-11,17H2,1H3,(H,28,33)/t26-/m1/s1. The molecule has 0 spiro atoms. The van der Waals surface area contributed by atoms with E-state index in [-0.39, 0.29) is 29.9 Å². The second-order valence-corrected chi connectivity index (χ2v) is 9.43. The summed E-state index contributed by atoms with van der Waals surface area (Å²) < 4.78 is 21.9. The molecule has 1 fully saturated rings. The van der Waals surface area contributed by atoms with Crippen LogP contribution >= 0.6 is 0 Å². The number of rotatable bonds is 4. The maximum absolute atomic E-state index is 15.0. The number of hydrogen-bond donors (Lipinski definition) is 1. The monoisotopic (exact) mass is 464 g/mol. The molecule has 178 valence electrons. The Kier molecular flexibility index (Phi) is 5.98. The highest BCUT2D eigenvalue weighted by molar-refractivity contribution is 6.12. The maximum atomic E-state index is 15.0. The van der Waals surface area contributed by atoms with E-state index in [1.807, 2.05) is 0 Å². The molecular formula is C26H29FN4O3. The molecule has 1 aliphatic carbocycles. The largest absolute Gasteiger partial charge is 0.463 e. The molecule has 1 saturated carbocycles. The second kappa shape index (κ2) is 9.08. The zero-order valence-electron chi connectivity index (χ0n) is 19.3. The number of fused-ring (bicyclic) bond motifs is 1. The fourth-order valence-electron chi connectivity index (χ4n) is 5.08. The molecule has 1 atom stereocenters. The first-order valence-electron chi connectivity index (χ1n) is 12.0. The van der Waals surface area contributed by atoms with Gasteiger partial charge in [0.25, 0.3) is 5.91 Å². The van der Waals surface area contributed by atoms with Crippen LogP contribution in [0.15, 0.2) is 53.1 Å². The van der Waals surface area contributed by atoms with Crippen LogP contribution in [0.25, 0.3) is 11.5 Å². The summed E-state index contributed by atoms with van der Waals surface area (Å²) in [4.78, 5) is 28.8. The highest BCUT2D eigenvalue weighted by Gasteiger charge is 2.50. The lowest BCUT2D eigenvalue weighted by molar-refractivity contribution is -0.127. The number of para-hydroxylation sites is 1. The summed E-state index contributed by atoms with van der Waals surface area (Å²) in [5.41, 5.74) is -0.506. The first kappa shape index (κ1) is 22.4. The Hall–Kier alpha value is -3.42. The van der Waals surface area contributed by atoms with Crippen LogP contribution in [0.2, 0.25) is 0 Å². The maximum Gasteiger partial charge on any atom is 0.277 e. The number of carbonyl (C=O) groups is 2. The van der Waals surface area contributed by atoms with E-state index >= 15 is 0 Å². The van der Waals surface area contributed by atoms with Crippen molar-refractivity contribution >= 4 is 17.5 Å². The van der Waals surface area contributed by atoms with Gasteiger partial charge in [-0.3, -0.25) is 19.2 Å². The van der Waals surface area contributed by atoms with Crippen LogP contribution in [0.1, 0.15) is 62.4 Å². The van der Waals surface area contributed by atoms with E-state index in [1.165, 1.54) is 34.4 Å². The first-order chi connectivity index (χ1) is 16.5. The average Bonchev–Trinajstić information content (AvgIpc) is 3.46. The molecule has 3 aromatic rings. The van der Waals surface area contributed by atoms with Gasteiger partial charge in [-0.05, 0) is 44.0 Å². The molecule has 0 unspecified atom stereocenters. The Balaban J connectivity index is 1.53. The number of halogens is 1. The van der Waals surface area contributed by atoms with Crippen molar-refractivity contribution in [3.05, 3.63) is 60.2 Å². The van der Waals surface area contributed by atoms with E-state index in [9.17, 15) is 14.0 Å². The summed E-state index contributed by atoms with van der Waals surface area (Å²) in [5, 5.41) is 7.73. The van der Waals surface area contributed by atoms with Gasteiger partial charge in [0.2, 0.25) is 5.91 Å². The van der Waals surface area contributed by atoms with Gasteiger partial charge in [0.05, 0.1) is 18.5 Å². The predicted octanol–water partition coefficient (Wildman–Crippen LogP) is 4.93. The van der Waals surface area contributed by atoms with E-state index in [1.54, 1.807) is 37.3 Å². The smallest absolute Gasteiger partial charge is 0.277 e. The predicted molar refractivity (Wildman–Crippen MR) is 126 cm³/mol. The zero-order valence-corrected chi connectivity index (χ0v) is 19.3. The summed E-state index contributed by atoms with van der Waals surface area (Å²) in [6.07, 6.45) is 9.03. The Morgan fingerprint density at radius 2 is 1.85 bits per heavy atom. The van der Waals surface area contributed by atoms with Gasteiger partial charge in [0.15, 0.2) is 5.76 Å². The Morgan fingerprint density at radius 1 is 1.12 bits per heavy atom. The molecule has 3 heterocycles. The number of hydrogen-bond acceptors (Lipinski definition) is 4. The highest BCUT2D eigenvalue weighted by atomic mass is 19.1. The zero-order chi connectivity index (χ0) is 23.7. The Bertz CT molecular complexity index is 1180. The minimum atomic E-state index is -1.36. The molecule has 2 aromatic heterocycles. The van der Waals surface area contributed by atoms with Gasteiger partial charge in [-0.1, -0.05) is 44.2 Å². The van der Waals surface area contributed by atoms with Crippen LogP contribution in [0.4, 0.5) is 10.1 Å². The summed E-state index contributed by atoms with van der Waals surface area (Å²) in [6, 6.07) is 11.2. The van der Waals surface area contributed by atoms with Gasteiger partial charge in [-0.15, -0.1) is 0 Å². The lowest BCUT2D eigenvalue weighted by atomic mass is 9.91. The van der Waals surface area contributed by atoms with E-state index < -0.39 is 17.3 Å². The fraction of sp³-hybridized carbons (Fsp3) is 0.423. The molecule has 0 bridgehead atoms. The molecule has 1 N–H and O–H groups in total. The average molecular weight is 465 g/mol. The van der Waals surface area contributed by atoms with Crippen molar-refractivity contribution < 1.29 is 18.4 Å². The summed E-state index contributed by atoms with van der Waals surface area (Å²) in [5.74, 6) is -0.805. The lowest BCUT2D eigenvalue weighted by Crippen LogP contribution is -2.65. The van der Waals surface area contributed by atoms with Crippen LogP contribution in [0.3, 0.4) is 0 Å².